The largest absolute Gasteiger partial charge is 0.352 e. The second kappa shape index (κ2) is 7.54. The molecule has 0 unspecified atom stereocenters. The topological polar surface area (TPSA) is 66.5 Å². The zero-order valence-corrected chi connectivity index (χ0v) is 16.8. The number of hydrogen-bond acceptors (Lipinski definition) is 4. The van der Waals surface area contributed by atoms with Crippen LogP contribution in [0.15, 0.2) is 33.6 Å². The first-order valence-corrected chi connectivity index (χ1v) is 10.5. The molecule has 24 heavy (non-hydrogen) atoms. The van der Waals surface area contributed by atoms with Gasteiger partial charge in [-0.15, -0.1) is 0 Å². The molecule has 134 valence electrons. The molecular formula is C17H25BrN2O3S. The molecule has 1 saturated heterocycles. The van der Waals surface area contributed by atoms with E-state index in [4.69, 9.17) is 0 Å². The van der Waals surface area contributed by atoms with E-state index >= 15 is 0 Å². The van der Waals surface area contributed by atoms with Crippen LogP contribution in [0.25, 0.3) is 0 Å². The summed E-state index contributed by atoms with van der Waals surface area (Å²) in [6.45, 7) is 7.93. The molecule has 1 fully saturated rings. The molecule has 0 aromatic heterocycles. The van der Waals surface area contributed by atoms with Gasteiger partial charge in [0.15, 0.2) is 9.84 Å². The summed E-state index contributed by atoms with van der Waals surface area (Å²) in [6, 6.07) is 6.42. The van der Waals surface area contributed by atoms with Gasteiger partial charge in [0, 0.05) is 23.6 Å². The summed E-state index contributed by atoms with van der Waals surface area (Å²) in [5, 5.41) is 2.94. The molecular weight excluding hydrogens is 392 g/mol. The fraction of sp³-hybridized carbons (Fsp3) is 0.588. The van der Waals surface area contributed by atoms with Crippen molar-refractivity contribution in [1.82, 2.24) is 10.2 Å². The normalized spacial score (nSPS) is 17.7. The Morgan fingerprint density at radius 2 is 1.79 bits per heavy atom. The molecule has 0 atom stereocenters. The average molecular weight is 417 g/mol. The Morgan fingerprint density at radius 3 is 2.29 bits per heavy atom. The van der Waals surface area contributed by atoms with Gasteiger partial charge in [-0.1, -0.05) is 22.9 Å². The molecule has 0 aliphatic carbocycles. The minimum absolute atomic E-state index is 0.0414. The Hall–Kier alpha value is -0.920. The molecule has 1 aliphatic heterocycles. The summed E-state index contributed by atoms with van der Waals surface area (Å²) in [6.07, 6.45) is 1.71. The lowest BCUT2D eigenvalue weighted by Gasteiger charge is -2.33. The van der Waals surface area contributed by atoms with Crippen LogP contribution in [0.4, 0.5) is 0 Å². The standard InChI is InChI=1S/C17H25BrN2O3S/c1-4-20-11-9-14(10-12-20)19-16(21)17(2,3)24(22,23)15-7-5-13(18)6-8-15/h5-8,14H,4,9-12H2,1-3H3,(H,19,21). The van der Waals surface area contributed by atoms with Gasteiger partial charge in [0.25, 0.3) is 0 Å². The van der Waals surface area contributed by atoms with Crippen LogP contribution in [0.1, 0.15) is 33.6 Å². The monoisotopic (exact) mass is 416 g/mol. The minimum Gasteiger partial charge on any atom is -0.352 e. The van der Waals surface area contributed by atoms with Gasteiger partial charge < -0.3 is 10.2 Å². The lowest BCUT2D eigenvalue weighted by molar-refractivity contribution is -0.123. The summed E-state index contributed by atoms with van der Waals surface area (Å²) < 4.78 is 25.0. The van der Waals surface area contributed by atoms with Gasteiger partial charge in [0.2, 0.25) is 5.91 Å². The molecule has 1 aromatic carbocycles. The highest BCUT2D eigenvalue weighted by Crippen LogP contribution is 2.27. The maximum Gasteiger partial charge on any atom is 0.241 e. The van der Waals surface area contributed by atoms with E-state index in [2.05, 4.69) is 33.1 Å². The second-order valence-corrected chi connectivity index (χ2v) is 10.1. The van der Waals surface area contributed by atoms with Crippen molar-refractivity contribution in [3.8, 4) is 0 Å². The van der Waals surface area contributed by atoms with Crippen molar-refractivity contribution in [2.45, 2.75) is 49.3 Å². The number of likely N-dealkylation sites (tertiary alicyclic amines) is 1. The van der Waals surface area contributed by atoms with Crippen LogP contribution >= 0.6 is 15.9 Å². The van der Waals surface area contributed by atoms with Gasteiger partial charge in [0.1, 0.15) is 4.75 Å². The number of piperidine rings is 1. The van der Waals surface area contributed by atoms with Gasteiger partial charge in [-0.05, 0) is 57.5 Å². The number of hydrogen-bond donors (Lipinski definition) is 1. The van der Waals surface area contributed by atoms with Crippen LogP contribution < -0.4 is 5.32 Å². The second-order valence-electron chi connectivity index (χ2n) is 6.65. The first kappa shape index (κ1) is 19.4. The fourth-order valence-corrected chi connectivity index (χ4v) is 4.43. The number of carbonyl (C=O) groups is 1. The van der Waals surface area contributed by atoms with Crippen LogP contribution in [0.2, 0.25) is 0 Å². The third-order valence-corrected chi connectivity index (χ3v) is 7.66. The maximum absolute atomic E-state index is 12.9. The SMILES string of the molecule is CCN1CCC(NC(=O)C(C)(C)S(=O)(=O)c2ccc(Br)cc2)CC1. The predicted molar refractivity (Wildman–Crippen MR) is 98.7 cm³/mol. The average Bonchev–Trinajstić information content (AvgIpc) is 2.55. The molecule has 1 amide bonds. The molecule has 0 bridgehead atoms. The van der Waals surface area contributed by atoms with Crippen molar-refractivity contribution >= 4 is 31.7 Å². The van der Waals surface area contributed by atoms with E-state index in [1.807, 2.05) is 0 Å². The number of amides is 1. The van der Waals surface area contributed by atoms with Gasteiger partial charge in [-0.3, -0.25) is 4.79 Å². The van der Waals surface area contributed by atoms with Gasteiger partial charge >= 0.3 is 0 Å². The van der Waals surface area contributed by atoms with Crippen molar-refractivity contribution < 1.29 is 13.2 Å². The fourth-order valence-electron chi connectivity index (χ4n) is 2.78. The van der Waals surface area contributed by atoms with Crippen molar-refractivity contribution in [3.05, 3.63) is 28.7 Å². The van der Waals surface area contributed by atoms with Crippen LogP contribution in [0.5, 0.6) is 0 Å². The molecule has 0 saturated carbocycles. The Bertz CT molecular complexity index is 678. The summed E-state index contributed by atoms with van der Waals surface area (Å²) >= 11 is 3.29. The van der Waals surface area contributed by atoms with Crippen molar-refractivity contribution in [1.29, 1.82) is 0 Å². The summed E-state index contributed by atoms with van der Waals surface area (Å²) in [5.74, 6) is -0.430. The number of rotatable bonds is 5. The predicted octanol–water partition coefficient (Wildman–Crippen LogP) is 2.60. The number of benzene rings is 1. The molecule has 5 nitrogen and oxygen atoms in total. The van der Waals surface area contributed by atoms with E-state index in [9.17, 15) is 13.2 Å². The Kier molecular flexibility index (Phi) is 6.09. The van der Waals surface area contributed by atoms with Crippen LogP contribution in [0, 0.1) is 0 Å². The number of sulfone groups is 1. The van der Waals surface area contributed by atoms with Crippen molar-refractivity contribution in [2.24, 2.45) is 0 Å². The van der Waals surface area contributed by atoms with E-state index in [1.165, 1.54) is 26.0 Å². The lowest BCUT2D eigenvalue weighted by atomic mass is 10.0. The quantitative estimate of drug-likeness (QED) is 0.800. The Balaban J connectivity index is 2.11. The highest BCUT2D eigenvalue weighted by Gasteiger charge is 2.43. The highest BCUT2D eigenvalue weighted by molar-refractivity contribution is 9.10. The molecule has 1 aromatic rings. The molecule has 1 aliphatic rings. The third-order valence-electron chi connectivity index (χ3n) is 4.71. The minimum atomic E-state index is -3.76. The van der Waals surface area contributed by atoms with Crippen molar-refractivity contribution in [2.75, 3.05) is 19.6 Å². The summed E-state index contributed by atoms with van der Waals surface area (Å²) in [5.41, 5.74) is 0. The molecule has 1 N–H and O–H groups in total. The Morgan fingerprint density at radius 1 is 1.25 bits per heavy atom. The van der Waals surface area contributed by atoms with Gasteiger partial charge in [0.05, 0.1) is 4.90 Å². The number of nitrogens with zero attached hydrogens (tertiary/aromatic N) is 1. The summed E-state index contributed by atoms with van der Waals surface area (Å²) in [7, 11) is -3.76. The van der Waals surface area contributed by atoms with E-state index < -0.39 is 20.5 Å². The van der Waals surface area contributed by atoms with E-state index in [1.54, 1.807) is 12.1 Å². The van der Waals surface area contributed by atoms with Gasteiger partial charge in [-0.25, -0.2) is 8.42 Å². The zero-order chi connectivity index (χ0) is 18.0. The van der Waals surface area contributed by atoms with E-state index in [0.29, 0.717) is 0 Å². The number of carbonyl (C=O) groups excluding carboxylic acids is 1. The zero-order valence-electron chi connectivity index (χ0n) is 14.4. The highest BCUT2D eigenvalue weighted by atomic mass is 79.9. The number of nitrogens with one attached hydrogen (secondary N) is 1. The van der Waals surface area contributed by atoms with E-state index in [0.717, 1.165) is 36.9 Å². The smallest absolute Gasteiger partial charge is 0.241 e. The van der Waals surface area contributed by atoms with Gasteiger partial charge in [-0.2, -0.15) is 0 Å². The maximum atomic E-state index is 12.9. The lowest BCUT2D eigenvalue weighted by Crippen LogP contribution is -2.53. The van der Waals surface area contributed by atoms with Crippen LogP contribution in [-0.2, 0) is 14.6 Å². The molecule has 0 radical (unpaired) electrons. The first-order chi connectivity index (χ1) is 11.2. The Labute approximate surface area is 152 Å². The molecule has 1 heterocycles. The van der Waals surface area contributed by atoms with Crippen molar-refractivity contribution in [3.63, 3.8) is 0 Å². The van der Waals surface area contributed by atoms with Crippen LogP contribution in [-0.4, -0.2) is 49.6 Å². The molecule has 2 rings (SSSR count). The summed E-state index contributed by atoms with van der Waals surface area (Å²) in [4.78, 5) is 15.1. The molecule has 7 heteroatoms. The molecule has 0 spiro atoms. The first-order valence-electron chi connectivity index (χ1n) is 8.22. The number of halogens is 1. The van der Waals surface area contributed by atoms with E-state index in [-0.39, 0.29) is 10.9 Å². The van der Waals surface area contributed by atoms with Crippen LogP contribution in [0.3, 0.4) is 0 Å². The third kappa shape index (κ3) is 4.00.